The Morgan fingerprint density at radius 3 is 2.13 bits per heavy atom. The van der Waals surface area contributed by atoms with Crippen molar-refractivity contribution in [2.75, 3.05) is 14.2 Å². The molecule has 0 heterocycles. The van der Waals surface area contributed by atoms with Gasteiger partial charge in [0.25, 0.3) is 0 Å². The van der Waals surface area contributed by atoms with Gasteiger partial charge in [0.05, 0.1) is 6.61 Å². The van der Waals surface area contributed by atoms with Crippen LogP contribution in [-0.4, -0.2) is 23.0 Å². The summed E-state index contributed by atoms with van der Waals surface area (Å²) in [7, 11) is 0.400. The quantitative estimate of drug-likeness (QED) is 0.650. The molecule has 3 aromatic carbocycles. The van der Waals surface area contributed by atoms with Crippen molar-refractivity contribution in [2.45, 2.75) is 6.61 Å². The highest BCUT2D eigenvalue weighted by molar-refractivity contribution is 6.75. The topological polar surface area (TPSA) is 27.7 Å². The third kappa shape index (κ3) is 3.21. The Kier molecular flexibility index (Phi) is 4.88. The second-order valence-electron chi connectivity index (χ2n) is 5.26. The van der Waals surface area contributed by atoms with Crippen molar-refractivity contribution in [1.82, 2.24) is 0 Å². The highest BCUT2D eigenvalue weighted by Crippen LogP contribution is 2.21. The zero-order chi connectivity index (χ0) is 16.1. The summed E-state index contributed by atoms with van der Waals surface area (Å²) in [5.74, 6) is 0. The molecular weight excluding hydrogens is 304 g/mol. The van der Waals surface area contributed by atoms with Crippen LogP contribution >= 0.6 is 0 Å². The maximum atomic E-state index is 6.20. The smallest absolute Gasteiger partial charge is 0.373 e. The minimum absolute atomic E-state index is 0.449. The molecule has 0 unspecified atom stereocenters. The number of hydrogen-bond donors (Lipinski definition) is 0. The Bertz CT molecular complexity index is 764. The van der Waals surface area contributed by atoms with Crippen LogP contribution in [-0.2, 0) is 19.9 Å². The molecule has 0 aromatic heterocycles. The fraction of sp³-hybridized carbons (Fsp3) is 0.158. The molecule has 0 bridgehead atoms. The van der Waals surface area contributed by atoms with Gasteiger partial charge in [-0.1, -0.05) is 72.8 Å². The van der Waals surface area contributed by atoms with E-state index in [9.17, 15) is 0 Å². The van der Waals surface area contributed by atoms with Crippen molar-refractivity contribution >= 4 is 24.8 Å². The van der Waals surface area contributed by atoms with Crippen LogP contribution in [0.3, 0.4) is 0 Å². The first kappa shape index (κ1) is 15.9. The van der Waals surface area contributed by atoms with E-state index in [0.29, 0.717) is 6.61 Å². The summed E-state index contributed by atoms with van der Waals surface area (Å²) < 4.78 is 17.6. The van der Waals surface area contributed by atoms with Crippen LogP contribution in [0.2, 0.25) is 0 Å². The van der Waals surface area contributed by atoms with Gasteiger partial charge in [-0.15, -0.1) is 0 Å². The van der Waals surface area contributed by atoms with Crippen molar-refractivity contribution in [3.8, 4) is 0 Å². The first-order chi connectivity index (χ1) is 11.3. The van der Waals surface area contributed by atoms with Gasteiger partial charge in [-0.25, -0.2) is 0 Å². The second-order valence-corrected chi connectivity index (χ2v) is 8.05. The van der Waals surface area contributed by atoms with E-state index in [4.69, 9.17) is 13.3 Å². The lowest BCUT2D eigenvalue weighted by molar-refractivity contribution is 0.107. The molecule has 0 spiro atoms. The third-order valence-corrected chi connectivity index (χ3v) is 6.60. The molecule has 0 aliphatic carbocycles. The Morgan fingerprint density at radius 2 is 1.39 bits per heavy atom. The zero-order valence-corrected chi connectivity index (χ0v) is 14.4. The van der Waals surface area contributed by atoms with Crippen LogP contribution < -0.4 is 5.19 Å². The fourth-order valence-electron chi connectivity index (χ4n) is 2.75. The molecule has 23 heavy (non-hydrogen) atoms. The molecule has 0 amide bonds. The lowest BCUT2D eigenvalue weighted by atomic mass is 10.1. The minimum Gasteiger partial charge on any atom is -0.373 e. The summed E-state index contributed by atoms with van der Waals surface area (Å²) in [4.78, 5) is 0. The van der Waals surface area contributed by atoms with Gasteiger partial charge in [0.15, 0.2) is 0 Å². The minimum atomic E-state index is -2.89. The molecule has 0 atom stereocenters. The standard InChI is InChI=1S/C19H20O3Si/c1-20-23(21-2,18-12-4-3-5-13-18)22-15-17-11-8-10-16-9-6-7-14-19(16)17/h3-14H,15H2,1-2H3. The van der Waals surface area contributed by atoms with Gasteiger partial charge in [0.2, 0.25) is 0 Å². The summed E-state index contributed by atoms with van der Waals surface area (Å²) >= 11 is 0. The average Bonchev–Trinajstić information content (AvgIpc) is 2.64. The Balaban J connectivity index is 1.90. The van der Waals surface area contributed by atoms with Crippen molar-refractivity contribution in [2.24, 2.45) is 0 Å². The molecule has 0 aliphatic rings. The fourth-order valence-corrected chi connectivity index (χ4v) is 4.74. The molecule has 0 aliphatic heterocycles. The van der Waals surface area contributed by atoms with Crippen molar-refractivity contribution in [3.05, 3.63) is 78.4 Å². The maximum Gasteiger partial charge on any atom is 0.536 e. The van der Waals surface area contributed by atoms with E-state index in [0.717, 1.165) is 10.8 Å². The highest BCUT2D eigenvalue weighted by atomic mass is 28.4. The number of fused-ring (bicyclic) bond motifs is 1. The monoisotopic (exact) mass is 324 g/mol. The zero-order valence-electron chi connectivity index (χ0n) is 13.4. The number of hydrogen-bond acceptors (Lipinski definition) is 3. The highest BCUT2D eigenvalue weighted by Gasteiger charge is 2.41. The van der Waals surface area contributed by atoms with Gasteiger partial charge in [-0.05, 0) is 16.3 Å². The van der Waals surface area contributed by atoms with Crippen molar-refractivity contribution in [1.29, 1.82) is 0 Å². The Hall–Kier alpha value is -1.98. The largest absolute Gasteiger partial charge is 0.536 e. The van der Waals surface area contributed by atoms with Gasteiger partial charge in [-0.2, -0.15) is 0 Å². The van der Waals surface area contributed by atoms with Crippen LogP contribution in [0.1, 0.15) is 5.56 Å². The van der Waals surface area contributed by atoms with E-state index in [-0.39, 0.29) is 0 Å². The normalized spacial score (nSPS) is 11.7. The molecule has 0 fully saturated rings. The summed E-state index contributed by atoms with van der Waals surface area (Å²) in [5, 5.41) is 3.36. The molecular formula is C19H20O3Si. The summed E-state index contributed by atoms with van der Waals surface area (Å²) in [6.45, 7) is 0.449. The average molecular weight is 324 g/mol. The van der Waals surface area contributed by atoms with Gasteiger partial charge in [0, 0.05) is 19.4 Å². The van der Waals surface area contributed by atoms with E-state index >= 15 is 0 Å². The summed E-state index contributed by atoms with van der Waals surface area (Å²) in [6, 6.07) is 24.4. The summed E-state index contributed by atoms with van der Waals surface area (Å²) in [5.41, 5.74) is 1.13. The predicted molar refractivity (Wildman–Crippen MR) is 94.6 cm³/mol. The third-order valence-electron chi connectivity index (χ3n) is 3.96. The van der Waals surface area contributed by atoms with Crippen LogP contribution in [0.4, 0.5) is 0 Å². The molecule has 4 heteroatoms. The lowest BCUT2D eigenvalue weighted by Crippen LogP contribution is -2.55. The lowest BCUT2D eigenvalue weighted by Gasteiger charge is -2.26. The van der Waals surface area contributed by atoms with E-state index in [1.54, 1.807) is 14.2 Å². The SMILES string of the molecule is CO[Si](OC)(OCc1cccc2ccccc12)c1ccccc1. The predicted octanol–water partition coefficient (Wildman–Crippen LogP) is 3.50. The van der Waals surface area contributed by atoms with Crippen molar-refractivity contribution < 1.29 is 13.3 Å². The van der Waals surface area contributed by atoms with Gasteiger partial charge >= 0.3 is 8.80 Å². The van der Waals surface area contributed by atoms with Crippen LogP contribution in [0.15, 0.2) is 72.8 Å². The first-order valence-electron chi connectivity index (χ1n) is 7.55. The Morgan fingerprint density at radius 1 is 0.739 bits per heavy atom. The van der Waals surface area contributed by atoms with Gasteiger partial charge in [-0.3, -0.25) is 0 Å². The second kappa shape index (κ2) is 7.06. The first-order valence-corrected chi connectivity index (χ1v) is 9.28. The maximum absolute atomic E-state index is 6.20. The van der Waals surface area contributed by atoms with Crippen molar-refractivity contribution in [3.63, 3.8) is 0 Å². The van der Waals surface area contributed by atoms with Crippen LogP contribution in [0.5, 0.6) is 0 Å². The van der Waals surface area contributed by atoms with E-state index < -0.39 is 8.80 Å². The van der Waals surface area contributed by atoms with Crippen LogP contribution in [0.25, 0.3) is 10.8 Å². The van der Waals surface area contributed by atoms with Gasteiger partial charge in [0.1, 0.15) is 0 Å². The van der Waals surface area contributed by atoms with E-state index in [1.165, 1.54) is 10.8 Å². The number of benzene rings is 3. The molecule has 3 aromatic rings. The molecule has 0 radical (unpaired) electrons. The molecule has 0 saturated heterocycles. The van der Waals surface area contributed by atoms with E-state index in [1.807, 2.05) is 48.5 Å². The van der Waals surface area contributed by atoms with Crippen LogP contribution in [0, 0.1) is 0 Å². The molecule has 3 rings (SSSR count). The number of rotatable bonds is 6. The molecule has 3 nitrogen and oxygen atoms in total. The van der Waals surface area contributed by atoms with E-state index in [2.05, 4.69) is 24.3 Å². The molecule has 0 N–H and O–H groups in total. The molecule has 0 saturated carbocycles. The van der Waals surface area contributed by atoms with Gasteiger partial charge < -0.3 is 13.3 Å². The Labute approximate surface area is 137 Å². The summed E-state index contributed by atoms with van der Waals surface area (Å²) in [6.07, 6.45) is 0. The molecule has 118 valence electrons.